The molecule has 1 aliphatic carbocycles. The highest BCUT2D eigenvalue weighted by Gasteiger charge is 2.39. The van der Waals surface area contributed by atoms with E-state index in [0.717, 1.165) is 0 Å². The monoisotopic (exact) mass is 694 g/mol. The summed E-state index contributed by atoms with van der Waals surface area (Å²) in [6.07, 6.45) is 2.37. The molecule has 54 heavy (non-hydrogen) atoms. The number of aromatic nitrogens is 2. The zero-order valence-corrected chi connectivity index (χ0v) is 31.3. The molecule has 0 bridgehead atoms. The van der Waals surface area contributed by atoms with Gasteiger partial charge in [0.15, 0.2) is 0 Å². The van der Waals surface area contributed by atoms with Crippen molar-refractivity contribution in [2.24, 2.45) is 0 Å². The Labute approximate surface area is 315 Å². The van der Waals surface area contributed by atoms with Crippen molar-refractivity contribution in [3.63, 3.8) is 0 Å². The van der Waals surface area contributed by atoms with Gasteiger partial charge in [-0.05, 0) is 122 Å². The summed E-state index contributed by atoms with van der Waals surface area (Å²) in [5, 5.41) is 10.2. The van der Waals surface area contributed by atoms with E-state index in [0.29, 0.717) is 0 Å². The van der Waals surface area contributed by atoms with Crippen molar-refractivity contribution in [1.82, 2.24) is 9.13 Å². The van der Waals surface area contributed by atoms with Crippen LogP contribution in [0.4, 0.5) is 0 Å². The van der Waals surface area contributed by atoms with Gasteiger partial charge in [-0.25, -0.2) is 0 Å². The van der Waals surface area contributed by atoms with E-state index < -0.39 is 0 Å². The first-order valence-electron chi connectivity index (χ1n) is 19.4. The summed E-state index contributed by atoms with van der Waals surface area (Å²) in [4.78, 5) is 0. The van der Waals surface area contributed by atoms with E-state index in [1.807, 2.05) is 0 Å². The van der Waals surface area contributed by atoms with Crippen LogP contribution >= 0.6 is 0 Å². The third kappa shape index (κ3) is 4.46. The van der Waals surface area contributed by atoms with Crippen LogP contribution < -0.4 is 0 Å². The molecule has 0 aliphatic heterocycles. The van der Waals surface area contributed by atoms with Crippen LogP contribution in [0.15, 0.2) is 158 Å². The maximum Gasteiger partial charge on any atom is 0.0547 e. The molecule has 0 amide bonds. The molecule has 2 heteroatoms. The molecule has 11 rings (SSSR count). The van der Waals surface area contributed by atoms with Gasteiger partial charge in [0, 0.05) is 27.2 Å². The molecule has 260 valence electrons. The van der Waals surface area contributed by atoms with Crippen LogP contribution in [0.5, 0.6) is 0 Å². The third-order valence-electron chi connectivity index (χ3n) is 12.7. The quantitative estimate of drug-likeness (QED) is 0.174. The Balaban J connectivity index is 1.16. The van der Waals surface area contributed by atoms with Crippen LogP contribution in [0.2, 0.25) is 0 Å². The number of benzene rings is 8. The second-order valence-corrected chi connectivity index (χ2v) is 16.8. The predicted octanol–water partition coefficient (Wildman–Crippen LogP) is 14.2. The average Bonchev–Trinajstić information content (AvgIpc) is 3.71. The Morgan fingerprint density at radius 2 is 1.02 bits per heavy atom. The van der Waals surface area contributed by atoms with E-state index in [9.17, 15) is 0 Å². The molecule has 1 aliphatic rings. The minimum absolute atomic E-state index is 0.0720. The van der Waals surface area contributed by atoms with Crippen molar-refractivity contribution < 1.29 is 0 Å². The predicted molar refractivity (Wildman–Crippen MR) is 231 cm³/mol. The molecule has 0 N–H and O–H groups in total. The van der Waals surface area contributed by atoms with Crippen LogP contribution in [-0.2, 0) is 10.8 Å². The Morgan fingerprint density at radius 1 is 0.407 bits per heavy atom. The Kier molecular flexibility index (Phi) is 6.51. The fraction of sp³-hybridized carbons (Fsp3) is 0.154. The lowest BCUT2D eigenvalue weighted by molar-refractivity contribution is 0.331. The molecule has 8 aromatic carbocycles. The summed E-state index contributed by atoms with van der Waals surface area (Å²) < 4.78 is 5.00. The van der Waals surface area contributed by atoms with Gasteiger partial charge in [0.2, 0.25) is 0 Å². The molecule has 2 nitrogen and oxygen atoms in total. The van der Waals surface area contributed by atoms with Crippen molar-refractivity contribution >= 4 is 65.2 Å². The summed E-state index contributed by atoms with van der Waals surface area (Å²) in [6, 6.07) is 59.1. The summed E-state index contributed by atoms with van der Waals surface area (Å²) in [7, 11) is 0. The number of fused-ring (bicyclic) bond motifs is 10. The summed E-state index contributed by atoms with van der Waals surface area (Å²) in [5.74, 6) is 0. The minimum atomic E-state index is 0.0720. The average molecular weight is 695 g/mol. The topological polar surface area (TPSA) is 9.86 Å². The number of hydrogen-bond donors (Lipinski definition) is 0. The first-order valence-corrected chi connectivity index (χ1v) is 19.4. The molecule has 0 saturated carbocycles. The van der Waals surface area contributed by atoms with Crippen LogP contribution in [0.25, 0.3) is 87.7 Å². The van der Waals surface area contributed by atoms with E-state index >= 15 is 0 Å². The highest BCUT2D eigenvalue weighted by molar-refractivity contribution is 6.22. The highest BCUT2D eigenvalue weighted by atomic mass is 15.0. The lowest BCUT2D eigenvalue weighted by atomic mass is 9.62. The van der Waals surface area contributed by atoms with Crippen molar-refractivity contribution in [1.29, 1.82) is 0 Å². The molecule has 0 fully saturated rings. The van der Waals surface area contributed by atoms with Crippen molar-refractivity contribution in [2.45, 2.75) is 51.4 Å². The summed E-state index contributed by atoms with van der Waals surface area (Å²) in [5.41, 5.74) is 13.1. The van der Waals surface area contributed by atoms with Gasteiger partial charge in [-0.3, -0.25) is 0 Å². The molecule has 0 unspecified atom stereocenters. The van der Waals surface area contributed by atoms with Gasteiger partial charge in [0.25, 0.3) is 0 Å². The molecule has 10 aromatic rings. The Bertz CT molecular complexity index is 3170. The van der Waals surface area contributed by atoms with Gasteiger partial charge in [0.1, 0.15) is 0 Å². The van der Waals surface area contributed by atoms with Gasteiger partial charge in [-0.1, -0.05) is 131 Å². The van der Waals surface area contributed by atoms with E-state index in [1.165, 1.54) is 112 Å². The zero-order chi connectivity index (χ0) is 36.3. The second-order valence-electron chi connectivity index (χ2n) is 16.8. The third-order valence-corrected chi connectivity index (χ3v) is 12.7. The molecule has 2 aromatic heterocycles. The highest BCUT2D eigenvalue weighted by Crippen LogP contribution is 2.50. The number of para-hydroxylation sites is 1. The number of nitrogens with zero attached hydrogens (tertiary/aromatic N) is 2. The first-order chi connectivity index (χ1) is 26.3. The van der Waals surface area contributed by atoms with Crippen LogP contribution in [0.1, 0.15) is 51.7 Å². The van der Waals surface area contributed by atoms with Gasteiger partial charge in [-0.2, -0.15) is 0 Å². The molecule has 0 atom stereocenters. The smallest absolute Gasteiger partial charge is 0.0547 e. The van der Waals surface area contributed by atoms with Gasteiger partial charge in [-0.15, -0.1) is 0 Å². The summed E-state index contributed by atoms with van der Waals surface area (Å²) >= 11 is 0. The van der Waals surface area contributed by atoms with Gasteiger partial charge in [0.05, 0.1) is 27.8 Å². The van der Waals surface area contributed by atoms with E-state index in [2.05, 4.69) is 195 Å². The number of rotatable bonds is 3. The fourth-order valence-corrected chi connectivity index (χ4v) is 9.86. The lowest BCUT2D eigenvalue weighted by Crippen LogP contribution is -2.35. The molecule has 2 heterocycles. The SMILES string of the molecule is CC1(C)CCC(C)(C)c2c(-n3c4ccc(-c5ccc6c(c5)c5ccccc5n6-c5ccc6ccccc6c5)cc4c4c5ccccc5ccc43)cccc21. The van der Waals surface area contributed by atoms with Crippen molar-refractivity contribution in [2.75, 3.05) is 0 Å². The van der Waals surface area contributed by atoms with E-state index in [4.69, 9.17) is 0 Å². The molecule has 0 saturated heterocycles. The zero-order valence-electron chi connectivity index (χ0n) is 31.3. The normalized spacial score (nSPS) is 15.2. The van der Waals surface area contributed by atoms with Gasteiger partial charge < -0.3 is 9.13 Å². The number of hydrogen-bond acceptors (Lipinski definition) is 0. The van der Waals surface area contributed by atoms with Crippen LogP contribution in [-0.4, -0.2) is 9.13 Å². The van der Waals surface area contributed by atoms with Gasteiger partial charge >= 0.3 is 0 Å². The molecule has 0 radical (unpaired) electrons. The van der Waals surface area contributed by atoms with Crippen LogP contribution in [0, 0.1) is 0 Å². The van der Waals surface area contributed by atoms with E-state index in [-0.39, 0.29) is 10.8 Å². The standard InChI is InChI=1S/C52H42N2/c1-51(2)28-29-52(3,4)50-43(51)17-11-19-48(50)54-46-26-23-37(32-42(46)49-39-15-8-7-13-34(39)21-27-47(49)54)36-22-25-45-41(31-36)40-16-9-10-18-44(40)53(45)38-24-20-33-12-5-6-14-35(33)30-38/h5-27,30-32H,28-29H2,1-4H3. The van der Waals surface area contributed by atoms with Crippen molar-refractivity contribution in [3.8, 4) is 22.5 Å². The Hall–Kier alpha value is -6.12. The fourth-order valence-electron chi connectivity index (χ4n) is 9.86. The summed E-state index contributed by atoms with van der Waals surface area (Å²) in [6.45, 7) is 9.73. The Morgan fingerprint density at radius 3 is 1.83 bits per heavy atom. The first kappa shape index (κ1) is 31.4. The second kappa shape index (κ2) is 11.2. The molecule has 0 spiro atoms. The van der Waals surface area contributed by atoms with E-state index in [1.54, 1.807) is 0 Å². The maximum absolute atomic E-state index is 2.57. The lowest BCUT2D eigenvalue weighted by Gasteiger charge is -2.43. The molecular formula is C52H42N2. The molecular weight excluding hydrogens is 653 g/mol. The maximum atomic E-state index is 2.57. The van der Waals surface area contributed by atoms with Crippen molar-refractivity contribution in [3.05, 3.63) is 169 Å². The minimum Gasteiger partial charge on any atom is -0.309 e. The largest absolute Gasteiger partial charge is 0.309 e. The van der Waals surface area contributed by atoms with Crippen LogP contribution in [0.3, 0.4) is 0 Å².